The van der Waals surface area contributed by atoms with E-state index in [1.165, 1.54) is 5.56 Å². The largest absolute Gasteiger partial charge is 0.365 e. The smallest absolute Gasteiger partial charge is 0.271 e. The molecule has 7 nitrogen and oxygen atoms in total. The van der Waals surface area contributed by atoms with Crippen LogP contribution in [0.25, 0.3) is 0 Å². The molecule has 0 unspecified atom stereocenters. The Balaban J connectivity index is 0.000000463. The summed E-state index contributed by atoms with van der Waals surface area (Å²) in [5, 5.41) is 10.8. The van der Waals surface area contributed by atoms with Gasteiger partial charge in [0, 0.05) is 24.4 Å². The zero-order valence-electron chi connectivity index (χ0n) is 14.4. The maximum absolute atomic E-state index is 10.8. The standard InChI is InChI=1S/C13H20N3O2.C2H6O2S/c1-16(2,3)9-8-14-7-6-11-4-5-12(15(17)18)10-13(11)14;1-3-5-4-2/h4-5,10H,6-9H2,1-3H3;1-2H3/q+1;. The number of non-ortho nitro benzene ring substituents is 1. The lowest BCUT2D eigenvalue weighted by molar-refractivity contribution is -0.868. The molecule has 1 aliphatic heterocycles. The van der Waals surface area contributed by atoms with Crippen molar-refractivity contribution in [3.63, 3.8) is 0 Å². The summed E-state index contributed by atoms with van der Waals surface area (Å²) in [6, 6.07) is 5.19. The van der Waals surface area contributed by atoms with Crippen LogP contribution in [0.3, 0.4) is 0 Å². The first-order valence-electron chi connectivity index (χ1n) is 7.34. The minimum atomic E-state index is -0.323. The van der Waals surface area contributed by atoms with E-state index in [1.807, 2.05) is 6.07 Å². The Morgan fingerprint density at radius 3 is 2.43 bits per heavy atom. The lowest BCUT2D eigenvalue weighted by Gasteiger charge is -2.28. The molecule has 1 heterocycles. The van der Waals surface area contributed by atoms with Crippen molar-refractivity contribution in [2.75, 3.05) is 59.9 Å². The molecule has 1 aliphatic rings. The number of hydrogen-bond acceptors (Lipinski definition) is 6. The second-order valence-electron chi connectivity index (χ2n) is 6.22. The van der Waals surface area contributed by atoms with Gasteiger partial charge in [-0.3, -0.25) is 18.5 Å². The third kappa shape index (κ3) is 6.74. The van der Waals surface area contributed by atoms with Crippen molar-refractivity contribution >= 4 is 23.7 Å². The van der Waals surface area contributed by atoms with E-state index in [0.29, 0.717) is 0 Å². The number of benzene rings is 1. The van der Waals surface area contributed by atoms with Crippen molar-refractivity contribution in [3.8, 4) is 0 Å². The molecule has 2 rings (SSSR count). The van der Waals surface area contributed by atoms with E-state index < -0.39 is 0 Å². The summed E-state index contributed by atoms with van der Waals surface area (Å²) in [4.78, 5) is 12.7. The lowest BCUT2D eigenvalue weighted by atomic mass is 10.1. The normalized spacial score (nSPS) is 13.3. The molecule has 1 aromatic carbocycles. The highest BCUT2D eigenvalue weighted by molar-refractivity contribution is 7.89. The van der Waals surface area contributed by atoms with Gasteiger partial charge in [-0.25, -0.2) is 0 Å². The van der Waals surface area contributed by atoms with Gasteiger partial charge in [0.1, 0.15) is 0 Å². The van der Waals surface area contributed by atoms with Crippen molar-refractivity contribution in [2.24, 2.45) is 0 Å². The van der Waals surface area contributed by atoms with Crippen molar-refractivity contribution in [1.82, 2.24) is 0 Å². The molecular weight excluding hydrogens is 318 g/mol. The van der Waals surface area contributed by atoms with Gasteiger partial charge in [0.25, 0.3) is 5.69 Å². The molecule has 0 atom stereocenters. The predicted molar refractivity (Wildman–Crippen MR) is 93.5 cm³/mol. The maximum Gasteiger partial charge on any atom is 0.271 e. The highest BCUT2D eigenvalue weighted by Crippen LogP contribution is 2.31. The van der Waals surface area contributed by atoms with Gasteiger partial charge in [-0.1, -0.05) is 6.07 Å². The monoisotopic (exact) mass is 344 g/mol. The Morgan fingerprint density at radius 2 is 1.96 bits per heavy atom. The van der Waals surface area contributed by atoms with Crippen molar-refractivity contribution < 1.29 is 17.8 Å². The SMILES string of the molecule is COSOC.C[N+](C)(C)CCN1CCc2ccc([N+](=O)[O-])cc21. The van der Waals surface area contributed by atoms with Gasteiger partial charge in [0.05, 0.1) is 53.4 Å². The molecule has 0 bridgehead atoms. The summed E-state index contributed by atoms with van der Waals surface area (Å²) >= 11 is 0.963. The van der Waals surface area contributed by atoms with E-state index in [9.17, 15) is 10.1 Å². The number of rotatable bonds is 6. The van der Waals surface area contributed by atoms with Crippen LogP contribution >= 0.6 is 12.3 Å². The molecule has 0 aliphatic carbocycles. The van der Waals surface area contributed by atoms with E-state index in [-0.39, 0.29) is 10.6 Å². The molecule has 0 radical (unpaired) electrons. The van der Waals surface area contributed by atoms with Crippen LogP contribution in [0.15, 0.2) is 18.2 Å². The van der Waals surface area contributed by atoms with Crippen LogP contribution in [0.1, 0.15) is 5.56 Å². The Kier molecular flexibility index (Phi) is 7.77. The predicted octanol–water partition coefficient (Wildman–Crippen LogP) is 2.51. The topological polar surface area (TPSA) is 64.8 Å². The number of fused-ring (bicyclic) bond motifs is 1. The minimum absolute atomic E-state index is 0.186. The Bertz CT molecular complexity index is 518. The molecule has 0 saturated carbocycles. The zero-order valence-corrected chi connectivity index (χ0v) is 15.3. The van der Waals surface area contributed by atoms with Crippen LogP contribution in [0.2, 0.25) is 0 Å². The van der Waals surface area contributed by atoms with Crippen LogP contribution in [0.5, 0.6) is 0 Å². The fourth-order valence-corrected chi connectivity index (χ4v) is 2.40. The summed E-state index contributed by atoms with van der Waals surface area (Å²) in [5.41, 5.74) is 2.45. The highest BCUT2D eigenvalue weighted by Gasteiger charge is 2.23. The Hall–Kier alpha value is -1.35. The molecule has 8 heteroatoms. The van der Waals surface area contributed by atoms with E-state index in [4.69, 9.17) is 0 Å². The average Bonchev–Trinajstić information content (AvgIpc) is 2.88. The molecule has 0 saturated heterocycles. The van der Waals surface area contributed by atoms with Gasteiger partial charge in [0.15, 0.2) is 12.3 Å². The fraction of sp³-hybridized carbons (Fsp3) is 0.600. The quantitative estimate of drug-likeness (QED) is 0.342. The van der Waals surface area contributed by atoms with Gasteiger partial charge in [-0.15, -0.1) is 0 Å². The van der Waals surface area contributed by atoms with Crippen molar-refractivity contribution in [1.29, 1.82) is 0 Å². The number of nitro groups is 1. The second kappa shape index (κ2) is 9.07. The third-order valence-corrected chi connectivity index (χ3v) is 3.72. The first-order chi connectivity index (χ1) is 10.8. The van der Waals surface area contributed by atoms with Gasteiger partial charge < -0.3 is 9.38 Å². The first kappa shape index (κ1) is 19.7. The number of anilines is 1. The minimum Gasteiger partial charge on any atom is -0.365 e. The second-order valence-corrected chi connectivity index (χ2v) is 7.03. The van der Waals surface area contributed by atoms with Crippen LogP contribution < -0.4 is 4.90 Å². The first-order valence-corrected chi connectivity index (χ1v) is 8.01. The van der Waals surface area contributed by atoms with E-state index >= 15 is 0 Å². The number of nitrogens with zero attached hydrogens (tertiary/aromatic N) is 3. The van der Waals surface area contributed by atoms with Gasteiger partial charge >= 0.3 is 0 Å². The summed E-state index contributed by atoms with van der Waals surface area (Å²) in [7, 11) is 9.57. The molecular formula is C15H26N3O4S+. The van der Waals surface area contributed by atoms with Gasteiger partial charge in [-0.2, -0.15) is 0 Å². The Morgan fingerprint density at radius 1 is 1.30 bits per heavy atom. The fourth-order valence-electron chi connectivity index (χ4n) is 2.27. The number of quaternary nitrogens is 1. The zero-order chi connectivity index (χ0) is 17.5. The number of likely N-dealkylation sites (N-methyl/N-ethyl adjacent to an activating group) is 1. The van der Waals surface area contributed by atoms with Crippen LogP contribution in [-0.4, -0.2) is 64.4 Å². The number of nitro benzene ring substituents is 1. The molecule has 0 N–H and O–H groups in total. The van der Waals surface area contributed by atoms with Crippen LogP contribution in [0, 0.1) is 10.1 Å². The van der Waals surface area contributed by atoms with Crippen molar-refractivity contribution in [2.45, 2.75) is 6.42 Å². The molecule has 1 aromatic rings. The molecule has 130 valence electrons. The summed E-state index contributed by atoms with van der Waals surface area (Å²) in [6.45, 7) is 2.94. The van der Waals surface area contributed by atoms with Crippen LogP contribution in [0.4, 0.5) is 11.4 Å². The molecule has 23 heavy (non-hydrogen) atoms. The number of hydrogen-bond donors (Lipinski definition) is 0. The summed E-state index contributed by atoms with van der Waals surface area (Å²) in [6.07, 6.45) is 0.991. The summed E-state index contributed by atoms with van der Waals surface area (Å²) < 4.78 is 9.67. The Labute approximate surface area is 142 Å². The van der Waals surface area contributed by atoms with E-state index in [0.717, 1.165) is 48.5 Å². The summed E-state index contributed by atoms with van der Waals surface area (Å²) in [5.74, 6) is 0. The molecule has 0 amide bonds. The van der Waals surface area contributed by atoms with Gasteiger partial charge in [0.2, 0.25) is 0 Å². The average molecular weight is 344 g/mol. The third-order valence-electron chi connectivity index (χ3n) is 3.45. The van der Waals surface area contributed by atoms with E-state index in [1.54, 1.807) is 26.4 Å². The van der Waals surface area contributed by atoms with Crippen LogP contribution in [-0.2, 0) is 14.8 Å². The maximum atomic E-state index is 10.8. The highest BCUT2D eigenvalue weighted by atomic mass is 32.2. The van der Waals surface area contributed by atoms with E-state index in [2.05, 4.69) is 34.4 Å². The van der Waals surface area contributed by atoms with Crippen molar-refractivity contribution in [3.05, 3.63) is 33.9 Å². The molecule has 0 fully saturated rings. The van der Waals surface area contributed by atoms with Gasteiger partial charge in [-0.05, 0) is 12.0 Å². The lowest BCUT2D eigenvalue weighted by Crippen LogP contribution is -2.41. The molecule has 0 aromatic heterocycles. The molecule has 0 spiro atoms.